The number of amides is 1. The van der Waals surface area contributed by atoms with Gasteiger partial charge in [-0.3, -0.25) is 9.59 Å². The highest BCUT2D eigenvalue weighted by Crippen LogP contribution is 2.17. The number of hydrogen-bond donors (Lipinski definition) is 3. The van der Waals surface area contributed by atoms with Crippen molar-refractivity contribution in [1.82, 2.24) is 5.32 Å². The third-order valence-corrected chi connectivity index (χ3v) is 14.8. The first-order valence-electron chi connectivity index (χ1n) is 32.4. The van der Waals surface area contributed by atoms with Gasteiger partial charge in [0, 0.05) is 12.8 Å². The lowest BCUT2D eigenvalue weighted by atomic mass is 10.0. The second-order valence-electron chi connectivity index (χ2n) is 22.1. The van der Waals surface area contributed by atoms with Crippen LogP contribution in [0.2, 0.25) is 0 Å². The first-order valence-corrected chi connectivity index (χ1v) is 32.4. The maximum Gasteiger partial charge on any atom is 0.305 e. The molecule has 2 unspecified atom stereocenters. The predicted molar refractivity (Wildman–Crippen MR) is 319 cm³/mol. The Morgan fingerprint density at radius 3 is 1.05 bits per heavy atom. The molecule has 0 saturated heterocycles. The fourth-order valence-electron chi connectivity index (χ4n) is 9.84. The van der Waals surface area contributed by atoms with Crippen molar-refractivity contribution < 1.29 is 24.5 Å². The van der Waals surface area contributed by atoms with E-state index in [0.29, 0.717) is 19.4 Å². The Hall–Kier alpha value is -2.18. The van der Waals surface area contributed by atoms with Crippen molar-refractivity contribution in [1.29, 1.82) is 0 Å². The number of carbonyl (C=O) groups excluding carboxylic acids is 2. The number of esters is 1. The smallest absolute Gasteiger partial charge is 0.305 e. The molecule has 6 heteroatoms. The van der Waals surface area contributed by atoms with E-state index >= 15 is 0 Å². The third-order valence-electron chi connectivity index (χ3n) is 14.8. The summed E-state index contributed by atoms with van der Waals surface area (Å²) >= 11 is 0. The van der Waals surface area contributed by atoms with Crippen molar-refractivity contribution in [2.45, 2.75) is 353 Å². The van der Waals surface area contributed by atoms with Crippen molar-refractivity contribution >= 4 is 11.9 Å². The molecule has 0 rings (SSSR count). The number of nitrogens with one attached hydrogen (secondary N) is 1. The lowest BCUT2D eigenvalue weighted by molar-refractivity contribution is -0.143. The van der Waals surface area contributed by atoms with Crippen LogP contribution in [0.5, 0.6) is 0 Å². The minimum absolute atomic E-state index is 0.00671. The Kier molecular flexibility index (Phi) is 60.5. The molecule has 0 saturated carbocycles. The molecular weight excluding hydrogens is 899 g/mol. The third kappa shape index (κ3) is 58.9. The van der Waals surface area contributed by atoms with Gasteiger partial charge in [0.15, 0.2) is 0 Å². The first-order chi connectivity index (χ1) is 36.0. The summed E-state index contributed by atoms with van der Waals surface area (Å²) in [5.74, 6) is -0.0650. The van der Waals surface area contributed by atoms with E-state index in [9.17, 15) is 19.8 Å². The van der Waals surface area contributed by atoms with Gasteiger partial charge in [0.2, 0.25) is 5.91 Å². The van der Waals surface area contributed by atoms with Gasteiger partial charge < -0.3 is 20.3 Å². The van der Waals surface area contributed by atoms with Crippen LogP contribution in [-0.2, 0) is 14.3 Å². The number of carbonyl (C=O) groups is 2. The Bertz CT molecular complexity index is 1230. The molecule has 0 aliphatic rings. The summed E-state index contributed by atoms with van der Waals surface area (Å²) in [6.07, 6.45) is 80.2. The predicted octanol–water partition coefficient (Wildman–Crippen LogP) is 20.5. The lowest BCUT2D eigenvalue weighted by Gasteiger charge is -2.20. The largest absolute Gasteiger partial charge is 0.466 e. The molecule has 0 aromatic heterocycles. The van der Waals surface area contributed by atoms with Crippen LogP contribution in [0.1, 0.15) is 341 Å². The van der Waals surface area contributed by atoms with E-state index in [2.05, 4.69) is 55.6 Å². The maximum atomic E-state index is 12.4. The number of aliphatic hydroxyl groups excluding tert-OH is 2. The fraction of sp³-hybridized carbons (Fsp3) is 0.851. The van der Waals surface area contributed by atoms with Gasteiger partial charge in [-0.1, -0.05) is 287 Å². The van der Waals surface area contributed by atoms with Crippen LogP contribution in [0.25, 0.3) is 0 Å². The summed E-state index contributed by atoms with van der Waals surface area (Å²) < 4.78 is 5.49. The van der Waals surface area contributed by atoms with Crippen LogP contribution in [-0.4, -0.2) is 47.4 Å². The van der Waals surface area contributed by atoms with Crippen molar-refractivity contribution in [3.05, 3.63) is 48.6 Å². The molecule has 0 aromatic carbocycles. The molecular formula is C67H125NO5. The number of hydrogen-bond acceptors (Lipinski definition) is 5. The molecule has 428 valence electrons. The number of unbranched alkanes of at least 4 members (excludes halogenated alkanes) is 43. The molecule has 0 aliphatic heterocycles. The Labute approximate surface area is 455 Å². The second-order valence-corrected chi connectivity index (χ2v) is 22.1. The average Bonchev–Trinajstić information content (AvgIpc) is 3.39. The van der Waals surface area contributed by atoms with E-state index < -0.39 is 12.1 Å². The summed E-state index contributed by atoms with van der Waals surface area (Å²) in [6, 6.07) is -0.630. The molecule has 0 spiro atoms. The van der Waals surface area contributed by atoms with Crippen molar-refractivity contribution in [3.8, 4) is 0 Å². The minimum Gasteiger partial charge on any atom is -0.466 e. The van der Waals surface area contributed by atoms with Crippen LogP contribution in [0.3, 0.4) is 0 Å². The lowest BCUT2D eigenvalue weighted by Crippen LogP contribution is -2.45. The van der Waals surface area contributed by atoms with Gasteiger partial charge in [0.05, 0.1) is 25.4 Å². The van der Waals surface area contributed by atoms with Gasteiger partial charge in [-0.15, -0.1) is 0 Å². The van der Waals surface area contributed by atoms with Crippen molar-refractivity contribution in [2.24, 2.45) is 0 Å². The zero-order chi connectivity index (χ0) is 52.9. The highest BCUT2D eigenvalue weighted by molar-refractivity contribution is 5.76. The van der Waals surface area contributed by atoms with Gasteiger partial charge in [0.25, 0.3) is 0 Å². The quantitative estimate of drug-likeness (QED) is 0.0320. The van der Waals surface area contributed by atoms with E-state index in [4.69, 9.17) is 4.74 Å². The molecule has 2 atom stereocenters. The van der Waals surface area contributed by atoms with Gasteiger partial charge in [0.1, 0.15) is 0 Å². The van der Waals surface area contributed by atoms with Gasteiger partial charge in [-0.05, 0) is 89.9 Å². The number of rotatable bonds is 60. The fourth-order valence-corrected chi connectivity index (χ4v) is 9.84. The molecule has 0 aliphatic carbocycles. The molecule has 0 radical (unpaired) electrons. The topological polar surface area (TPSA) is 95.9 Å². The van der Waals surface area contributed by atoms with Crippen LogP contribution >= 0.6 is 0 Å². The van der Waals surface area contributed by atoms with E-state index in [1.165, 1.54) is 263 Å². The zero-order valence-electron chi connectivity index (χ0n) is 48.9. The number of ether oxygens (including phenoxy) is 1. The molecule has 0 aromatic rings. The maximum absolute atomic E-state index is 12.4. The standard InChI is InChI=1S/C67H125NO5/c1-3-5-7-9-11-13-15-17-18-30-34-37-41-45-49-53-57-61-67(72)73-62-58-54-50-46-42-38-35-32-29-27-25-23-21-19-20-22-24-26-28-31-33-36-40-44-48-52-56-60-66(71)68-64(63-69)65(70)59-55-51-47-43-39-16-14-12-10-8-6-4-2/h17-20,23,25,55,59,64-65,69-70H,3-16,21-22,24,26-54,56-58,60-63H2,1-2H3,(H,68,71)/b18-17-,20-19-,25-23-,59-55+. The summed E-state index contributed by atoms with van der Waals surface area (Å²) in [6.45, 7) is 4.90. The van der Waals surface area contributed by atoms with E-state index in [1.54, 1.807) is 6.08 Å². The Balaban J connectivity index is 3.42. The van der Waals surface area contributed by atoms with Gasteiger partial charge in [-0.25, -0.2) is 0 Å². The number of aliphatic hydroxyl groups is 2. The first kappa shape index (κ1) is 70.8. The zero-order valence-corrected chi connectivity index (χ0v) is 48.9. The van der Waals surface area contributed by atoms with Crippen LogP contribution in [0.15, 0.2) is 48.6 Å². The highest BCUT2D eigenvalue weighted by Gasteiger charge is 2.18. The van der Waals surface area contributed by atoms with E-state index in [1.807, 2.05) is 6.08 Å². The number of allylic oxidation sites excluding steroid dienone is 7. The SMILES string of the molecule is CCCCCCCC/C=C\CCCCCCCCCC(=O)OCCCCCCCCCCC/C=C\C/C=C\CCCCCCCCCCCCCC(=O)NC(CO)C(O)/C=C/CCCCCCCCCCCC. The summed E-state index contributed by atoms with van der Waals surface area (Å²) in [4.78, 5) is 24.5. The van der Waals surface area contributed by atoms with Crippen molar-refractivity contribution in [2.75, 3.05) is 13.2 Å². The Morgan fingerprint density at radius 1 is 0.384 bits per heavy atom. The molecule has 6 nitrogen and oxygen atoms in total. The normalized spacial score (nSPS) is 12.9. The summed E-state index contributed by atoms with van der Waals surface area (Å²) in [5, 5.41) is 23.1. The van der Waals surface area contributed by atoms with Crippen LogP contribution < -0.4 is 5.32 Å². The van der Waals surface area contributed by atoms with Gasteiger partial charge >= 0.3 is 5.97 Å². The van der Waals surface area contributed by atoms with E-state index in [0.717, 1.165) is 51.4 Å². The molecule has 73 heavy (non-hydrogen) atoms. The van der Waals surface area contributed by atoms with Crippen LogP contribution in [0.4, 0.5) is 0 Å². The van der Waals surface area contributed by atoms with Gasteiger partial charge in [-0.2, -0.15) is 0 Å². The molecule has 0 heterocycles. The molecule has 0 bridgehead atoms. The minimum atomic E-state index is -0.846. The summed E-state index contributed by atoms with van der Waals surface area (Å²) in [5.41, 5.74) is 0. The highest BCUT2D eigenvalue weighted by atomic mass is 16.5. The van der Waals surface area contributed by atoms with E-state index in [-0.39, 0.29) is 18.5 Å². The Morgan fingerprint density at radius 2 is 0.685 bits per heavy atom. The van der Waals surface area contributed by atoms with Crippen molar-refractivity contribution in [3.63, 3.8) is 0 Å². The molecule has 3 N–H and O–H groups in total. The van der Waals surface area contributed by atoms with Crippen LogP contribution in [0, 0.1) is 0 Å². The monoisotopic (exact) mass is 1020 g/mol. The summed E-state index contributed by atoms with van der Waals surface area (Å²) in [7, 11) is 0. The molecule has 1 amide bonds. The molecule has 0 fully saturated rings. The second kappa shape index (κ2) is 62.4. The average molecular weight is 1020 g/mol.